The van der Waals surface area contributed by atoms with Crippen molar-refractivity contribution in [1.82, 2.24) is 20.2 Å². The van der Waals surface area contributed by atoms with Crippen LogP contribution >= 0.6 is 11.6 Å². The maximum Gasteiger partial charge on any atom is 0.232 e. The summed E-state index contributed by atoms with van der Waals surface area (Å²) in [5, 5.41) is 10.1. The minimum Gasteiger partial charge on any atom is -0.494 e. The molecule has 226 valence electrons. The summed E-state index contributed by atoms with van der Waals surface area (Å²) < 4.78 is 31.2. The van der Waals surface area contributed by atoms with Gasteiger partial charge in [-0.3, -0.25) is 4.31 Å². The summed E-state index contributed by atoms with van der Waals surface area (Å²) in [6.07, 6.45) is 5.01. The highest BCUT2D eigenvalue weighted by Crippen LogP contribution is 2.35. The fourth-order valence-electron chi connectivity index (χ4n) is 5.41. The molecule has 42 heavy (non-hydrogen) atoms. The Balaban J connectivity index is 1.26. The summed E-state index contributed by atoms with van der Waals surface area (Å²) >= 11 is 6.42. The quantitative estimate of drug-likeness (QED) is 0.308. The van der Waals surface area contributed by atoms with Gasteiger partial charge in [-0.15, -0.1) is 0 Å². The monoisotopic (exact) mass is 614 g/mol. The van der Waals surface area contributed by atoms with Gasteiger partial charge in [-0.05, 0) is 43.0 Å². The molecule has 2 aliphatic heterocycles. The van der Waals surface area contributed by atoms with Crippen molar-refractivity contribution >= 4 is 56.1 Å². The minimum absolute atomic E-state index is 0.292. The normalized spacial score (nSPS) is 16.7. The Labute approximate surface area is 253 Å². The number of rotatable bonds is 10. The first-order valence-electron chi connectivity index (χ1n) is 14.2. The second-order valence-electron chi connectivity index (χ2n) is 10.8. The molecule has 11 nitrogen and oxygen atoms in total. The highest BCUT2D eigenvalue weighted by molar-refractivity contribution is 7.92. The lowest BCUT2D eigenvalue weighted by Crippen LogP contribution is -2.46. The Morgan fingerprint density at radius 3 is 2.52 bits per heavy atom. The summed E-state index contributed by atoms with van der Waals surface area (Å²) in [7, 11) is -0.320. The van der Waals surface area contributed by atoms with Crippen molar-refractivity contribution in [3.05, 3.63) is 53.7 Å². The van der Waals surface area contributed by atoms with Crippen LogP contribution in [0.1, 0.15) is 12.8 Å². The first-order chi connectivity index (χ1) is 20.2. The van der Waals surface area contributed by atoms with Crippen LogP contribution in [0.2, 0.25) is 5.02 Å². The third-order valence-electron chi connectivity index (χ3n) is 7.88. The van der Waals surface area contributed by atoms with Crippen LogP contribution in [-0.4, -0.2) is 89.5 Å². The molecular weight excluding hydrogens is 576 g/mol. The van der Waals surface area contributed by atoms with E-state index in [-0.39, 0.29) is 0 Å². The van der Waals surface area contributed by atoms with Gasteiger partial charge in [0.05, 0.1) is 36.6 Å². The second-order valence-corrected chi connectivity index (χ2v) is 13.2. The molecule has 0 saturated carbocycles. The number of piperazine rings is 1. The first-order valence-corrected chi connectivity index (χ1v) is 16.4. The molecule has 3 aromatic rings. The van der Waals surface area contributed by atoms with Gasteiger partial charge in [-0.1, -0.05) is 23.7 Å². The summed E-state index contributed by atoms with van der Waals surface area (Å²) in [6.45, 7) is 7.72. The first kappa shape index (κ1) is 30.1. The molecular formula is C29H39ClN8O3S. The Morgan fingerprint density at radius 1 is 1.07 bits per heavy atom. The van der Waals surface area contributed by atoms with Crippen LogP contribution in [0.15, 0.2) is 48.7 Å². The van der Waals surface area contributed by atoms with E-state index in [9.17, 15) is 8.42 Å². The van der Waals surface area contributed by atoms with Crippen LogP contribution in [0, 0.1) is 5.92 Å². The van der Waals surface area contributed by atoms with Gasteiger partial charge in [-0.2, -0.15) is 4.98 Å². The Hall–Kier alpha value is -3.32. The zero-order valence-corrected chi connectivity index (χ0v) is 25.9. The highest BCUT2D eigenvalue weighted by Gasteiger charge is 2.23. The van der Waals surface area contributed by atoms with Crippen LogP contribution in [0.4, 0.5) is 34.5 Å². The number of aromatic nitrogens is 2. The van der Waals surface area contributed by atoms with E-state index < -0.39 is 10.0 Å². The van der Waals surface area contributed by atoms with E-state index in [1.807, 2.05) is 12.1 Å². The van der Waals surface area contributed by atoms with Crippen molar-refractivity contribution in [3.8, 4) is 5.75 Å². The number of benzene rings is 2. The lowest BCUT2D eigenvalue weighted by atomic mass is 9.95. The van der Waals surface area contributed by atoms with Gasteiger partial charge in [0.25, 0.3) is 0 Å². The number of hydrogen-bond acceptors (Lipinski definition) is 10. The topological polar surface area (TPSA) is 115 Å². The average Bonchev–Trinajstić information content (AvgIpc) is 2.99. The lowest BCUT2D eigenvalue weighted by Gasteiger charge is -2.37. The minimum atomic E-state index is -3.46. The molecule has 0 amide bonds. The Morgan fingerprint density at radius 2 is 1.81 bits per heavy atom. The molecule has 2 aliphatic rings. The number of methoxy groups -OCH3 is 1. The van der Waals surface area contributed by atoms with E-state index in [0.717, 1.165) is 62.8 Å². The van der Waals surface area contributed by atoms with Crippen molar-refractivity contribution in [2.24, 2.45) is 5.92 Å². The van der Waals surface area contributed by atoms with Gasteiger partial charge in [0.2, 0.25) is 16.0 Å². The molecule has 0 bridgehead atoms. The largest absolute Gasteiger partial charge is 0.494 e. The molecule has 3 heterocycles. The highest BCUT2D eigenvalue weighted by atomic mass is 35.5. The summed E-state index contributed by atoms with van der Waals surface area (Å²) in [5.74, 6) is 2.08. The van der Waals surface area contributed by atoms with Gasteiger partial charge in [0.1, 0.15) is 10.8 Å². The number of anilines is 6. The molecule has 2 saturated heterocycles. The third-order valence-corrected chi connectivity index (χ3v) is 9.34. The van der Waals surface area contributed by atoms with Crippen molar-refractivity contribution < 1.29 is 13.2 Å². The van der Waals surface area contributed by atoms with Crippen LogP contribution < -0.4 is 29.9 Å². The molecule has 2 fully saturated rings. The van der Waals surface area contributed by atoms with E-state index in [1.165, 1.54) is 36.9 Å². The third kappa shape index (κ3) is 7.35. The van der Waals surface area contributed by atoms with E-state index in [2.05, 4.69) is 41.8 Å². The number of piperidine rings is 1. The molecule has 0 unspecified atom stereocenters. The number of ether oxygens (including phenoxy) is 1. The molecule has 0 radical (unpaired) electrons. The number of sulfonamides is 1. The van der Waals surface area contributed by atoms with Crippen LogP contribution in [0.3, 0.4) is 0 Å². The Bertz CT molecular complexity index is 1480. The molecule has 0 aliphatic carbocycles. The zero-order valence-electron chi connectivity index (χ0n) is 24.3. The van der Waals surface area contributed by atoms with Gasteiger partial charge in [0.15, 0.2) is 5.82 Å². The average molecular weight is 615 g/mol. The molecule has 13 heteroatoms. The molecule has 5 rings (SSSR count). The fourth-order valence-corrected chi connectivity index (χ4v) is 6.06. The predicted molar refractivity (Wildman–Crippen MR) is 171 cm³/mol. The summed E-state index contributed by atoms with van der Waals surface area (Å²) in [5.41, 5.74) is 2.86. The van der Waals surface area contributed by atoms with Gasteiger partial charge < -0.3 is 30.5 Å². The van der Waals surface area contributed by atoms with Crippen molar-refractivity contribution in [2.45, 2.75) is 12.8 Å². The lowest BCUT2D eigenvalue weighted by molar-refractivity contribution is 0.190. The fraction of sp³-hybridized carbons (Fsp3) is 0.448. The standard InChI is InChI=1S/C29H39ClN8O3S/c1-36(42(3,39)40)26-7-5-4-6-24(26)33-28-23(30)19-32-29(35-28)34-25-9-8-22(18-27(25)41-2)38-14-10-21(11-15-38)20-37-16-12-31-13-17-37/h4-9,18-19,21,31H,10-17,20H2,1-3H3,(H2,32,33,34,35). The molecule has 0 atom stereocenters. The maximum absolute atomic E-state index is 12.2. The molecule has 2 aromatic carbocycles. The maximum atomic E-state index is 12.2. The zero-order chi connectivity index (χ0) is 29.7. The van der Waals surface area contributed by atoms with Gasteiger partial charge in [0, 0.05) is 64.6 Å². The SMILES string of the molecule is COc1cc(N2CCC(CN3CCNCC3)CC2)ccc1Nc1ncc(Cl)c(Nc2ccccc2N(C)S(C)(=O)=O)n1. The van der Waals surface area contributed by atoms with E-state index in [1.54, 1.807) is 31.4 Å². The van der Waals surface area contributed by atoms with Crippen molar-refractivity contribution in [1.29, 1.82) is 0 Å². The van der Waals surface area contributed by atoms with Crippen molar-refractivity contribution in [2.75, 3.05) is 86.1 Å². The number of para-hydroxylation sites is 2. The number of hydrogen-bond donors (Lipinski definition) is 3. The van der Waals surface area contributed by atoms with Crippen molar-refractivity contribution in [3.63, 3.8) is 0 Å². The van der Waals surface area contributed by atoms with E-state index in [4.69, 9.17) is 16.3 Å². The predicted octanol–water partition coefficient (Wildman–Crippen LogP) is 4.14. The number of nitrogens with one attached hydrogen (secondary N) is 3. The summed E-state index contributed by atoms with van der Waals surface area (Å²) in [4.78, 5) is 13.9. The number of halogens is 1. The molecule has 3 N–H and O–H groups in total. The van der Waals surface area contributed by atoms with Crippen LogP contribution in [0.5, 0.6) is 5.75 Å². The van der Waals surface area contributed by atoms with Gasteiger partial charge >= 0.3 is 0 Å². The van der Waals surface area contributed by atoms with Crippen LogP contribution in [0.25, 0.3) is 0 Å². The van der Waals surface area contributed by atoms with E-state index in [0.29, 0.717) is 33.9 Å². The molecule has 1 aromatic heterocycles. The van der Waals surface area contributed by atoms with Crippen LogP contribution in [-0.2, 0) is 10.0 Å². The smallest absolute Gasteiger partial charge is 0.232 e. The number of nitrogens with zero attached hydrogens (tertiary/aromatic N) is 5. The van der Waals surface area contributed by atoms with Gasteiger partial charge in [-0.25, -0.2) is 13.4 Å². The second kappa shape index (κ2) is 13.3. The molecule has 0 spiro atoms. The summed E-state index contributed by atoms with van der Waals surface area (Å²) in [6, 6.07) is 13.2. The Kier molecular flexibility index (Phi) is 9.57. The van der Waals surface area contributed by atoms with E-state index >= 15 is 0 Å².